The molecule has 2 aromatic rings. The minimum absolute atomic E-state index is 0.00669. The Kier molecular flexibility index (Phi) is 12.0. The number of carbonyl (C=O) groups is 3. The summed E-state index contributed by atoms with van der Waals surface area (Å²) in [5, 5.41) is 18.9. The summed E-state index contributed by atoms with van der Waals surface area (Å²) in [4.78, 5) is 34.6. The van der Waals surface area contributed by atoms with Crippen LogP contribution in [0.2, 0.25) is 0 Å². The third-order valence-electron chi connectivity index (χ3n) is 6.85. The zero-order valence-electron chi connectivity index (χ0n) is 21.5. The van der Waals surface area contributed by atoms with E-state index in [1.165, 1.54) is 11.6 Å². The molecule has 8 heteroatoms. The van der Waals surface area contributed by atoms with E-state index in [0.29, 0.717) is 30.6 Å². The predicted octanol–water partition coefficient (Wildman–Crippen LogP) is 4.62. The topological polar surface area (TPSA) is 107 Å². The number of amides is 1. The molecule has 3 rings (SSSR count). The third-order valence-corrected chi connectivity index (χ3v) is 6.85. The number of carboxylic acid groups (broad SMARTS) is 2. The number of carbonyl (C=O) groups excluding carboxylic acids is 1. The Hall–Kier alpha value is -3.52. The van der Waals surface area contributed by atoms with Gasteiger partial charge in [0, 0.05) is 30.2 Å². The number of nitrogens with zero attached hydrogens (tertiary/aromatic N) is 1. The molecule has 1 fully saturated rings. The molecule has 200 valence electrons. The van der Waals surface area contributed by atoms with Crippen molar-refractivity contribution in [3.63, 3.8) is 0 Å². The van der Waals surface area contributed by atoms with Gasteiger partial charge in [0.15, 0.2) is 0 Å². The Morgan fingerprint density at radius 1 is 0.946 bits per heavy atom. The normalized spacial score (nSPS) is 14.6. The highest BCUT2D eigenvalue weighted by molar-refractivity contribution is 5.89. The van der Waals surface area contributed by atoms with Crippen molar-refractivity contribution in [1.82, 2.24) is 10.2 Å². The molecule has 0 bridgehead atoms. The van der Waals surface area contributed by atoms with Gasteiger partial charge in [-0.1, -0.05) is 62.4 Å². The van der Waals surface area contributed by atoms with Crippen LogP contribution >= 0.6 is 0 Å². The number of rotatable bonds is 10. The van der Waals surface area contributed by atoms with Crippen LogP contribution in [0.1, 0.15) is 50.7 Å². The van der Waals surface area contributed by atoms with Crippen molar-refractivity contribution in [1.29, 1.82) is 0 Å². The fourth-order valence-corrected chi connectivity index (χ4v) is 4.56. The highest BCUT2D eigenvalue weighted by Gasteiger charge is 2.35. The number of carboxylic acids is 2. The summed E-state index contributed by atoms with van der Waals surface area (Å²) in [5.74, 6) is -2.68. The second-order valence-corrected chi connectivity index (χ2v) is 9.12. The van der Waals surface area contributed by atoms with Gasteiger partial charge in [-0.25, -0.2) is 14.0 Å². The first-order valence-electron chi connectivity index (χ1n) is 12.7. The van der Waals surface area contributed by atoms with Crippen LogP contribution in [0.15, 0.2) is 66.7 Å². The molecule has 0 atom stereocenters. The molecule has 0 aliphatic carbocycles. The summed E-state index contributed by atoms with van der Waals surface area (Å²) in [7, 11) is 0. The first-order chi connectivity index (χ1) is 17.7. The van der Waals surface area contributed by atoms with E-state index in [1.54, 1.807) is 12.1 Å². The monoisotopic (exact) mass is 512 g/mol. The minimum Gasteiger partial charge on any atom is -0.478 e. The maximum Gasteiger partial charge on any atom is 0.328 e. The smallest absolute Gasteiger partial charge is 0.328 e. The summed E-state index contributed by atoms with van der Waals surface area (Å²) in [6.07, 6.45) is 5.23. The van der Waals surface area contributed by atoms with Crippen molar-refractivity contribution >= 4 is 17.8 Å². The SMILES string of the molecule is CCC(CC)(NC(=O)C1CCN(CCc2ccccc2)CC1)c1ccccc1F.O=C(O)/C=C/C(=O)O. The van der Waals surface area contributed by atoms with Gasteiger partial charge >= 0.3 is 11.9 Å². The van der Waals surface area contributed by atoms with E-state index in [4.69, 9.17) is 10.2 Å². The highest BCUT2D eigenvalue weighted by atomic mass is 19.1. The second kappa shape index (κ2) is 14.9. The van der Waals surface area contributed by atoms with Crippen molar-refractivity contribution in [3.05, 3.63) is 83.7 Å². The molecule has 1 heterocycles. The third kappa shape index (κ3) is 9.46. The molecule has 3 N–H and O–H groups in total. The van der Waals surface area contributed by atoms with E-state index in [2.05, 4.69) is 34.5 Å². The lowest BCUT2D eigenvalue weighted by Gasteiger charge is -2.37. The number of hydrogen-bond acceptors (Lipinski definition) is 4. The number of benzene rings is 2. The molecule has 1 aliphatic rings. The predicted molar refractivity (Wildman–Crippen MR) is 141 cm³/mol. The van der Waals surface area contributed by atoms with E-state index >= 15 is 0 Å². The van der Waals surface area contributed by atoms with Crippen LogP contribution in [0.5, 0.6) is 0 Å². The Morgan fingerprint density at radius 2 is 1.49 bits per heavy atom. The maximum absolute atomic E-state index is 14.5. The standard InChI is InChI=1S/C25H33FN2O.C4H4O4/c1-3-25(4-2,22-12-8-9-13-23(22)26)27-24(29)21-15-18-28(19-16-21)17-14-20-10-6-5-7-11-20;5-3(6)1-2-4(7)8/h5-13,21H,3-4,14-19H2,1-2H3,(H,27,29);1-2H,(H,5,6)(H,7,8)/b;2-1+. The zero-order chi connectivity index (χ0) is 27.3. The molecule has 0 aromatic heterocycles. The molecule has 0 spiro atoms. The van der Waals surface area contributed by atoms with E-state index in [0.717, 1.165) is 38.9 Å². The van der Waals surface area contributed by atoms with E-state index in [9.17, 15) is 18.8 Å². The van der Waals surface area contributed by atoms with Crippen LogP contribution in [0.25, 0.3) is 0 Å². The van der Waals surface area contributed by atoms with Gasteiger partial charge in [-0.15, -0.1) is 0 Å². The summed E-state index contributed by atoms with van der Waals surface area (Å²) >= 11 is 0. The lowest BCUT2D eigenvalue weighted by atomic mass is 9.83. The fraction of sp³-hybridized carbons (Fsp3) is 0.414. The zero-order valence-corrected chi connectivity index (χ0v) is 21.5. The molecule has 0 saturated carbocycles. The number of aliphatic carboxylic acids is 2. The van der Waals surface area contributed by atoms with Crippen LogP contribution in [0.4, 0.5) is 4.39 Å². The van der Waals surface area contributed by atoms with Crippen LogP contribution in [-0.4, -0.2) is 52.6 Å². The summed E-state index contributed by atoms with van der Waals surface area (Å²) in [6.45, 7) is 6.94. The van der Waals surface area contributed by atoms with Gasteiger partial charge in [0.05, 0.1) is 5.54 Å². The lowest BCUT2D eigenvalue weighted by Crippen LogP contribution is -2.50. The highest BCUT2D eigenvalue weighted by Crippen LogP contribution is 2.32. The molecular formula is C29H37FN2O5. The maximum atomic E-state index is 14.5. The molecule has 37 heavy (non-hydrogen) atoms. The molecule has 0 unspecified atom stereocenters. The summed E-state index contributed by atoms with van der Waals surface area (Å²) in [5.41, 5.74) is 1.32. The van der Waals surface area contributed by atoms with Gasteiger partial charge < -0.3 is 20.4 Å². The average Bonchev–Trinajstić information content (AvgIpc) is 2.91. The quantitative estimate of drug-likeness (QED) is 0.401. The first kappa shape index (κ1) is 29.7. The second-order valence-electron chi connectivity index (χ2n) is 9.12. The molecule has 0 radical (unpaired) electrons. The molecule has 1 saturated heterocycles. The van der Waals surface area contributed by atoms with E-state index < -0.39 is 17.5 Å². The molecule has 1 amide bonds. The molecule has 2 aromatic carbocycles. The molecular weight excluding hydrogens is 475 g/mol. The average molecular weight is 513 g/mol. The minimum atomic E-state index is -1.26. The van der Waals surface area contributed by atoms with Gasteiger partial charge in [0.25, 0.3) is 0 Å². The number of piperidine rings is 1. The van der Waals surface area contributed by atoms with Crippen molar-refractivity contribution in [2.75, 3.05) is 19.6 Å². The van der Waals surface area contributed by atoms with Gasteiger partial charge in [-0.05, 0) is 56.8 Å². The number of nitrogens with one attached hydrogen (secondary N) is 1. The van der Waals surface area contributed by atoms with Gasteiger partial charge in [0.1, 0.15) is 5.82 Å². The van der Waals surface area contributed by atoms with Crippen LogP contribution in [-0.2, 0) is 26.3 Å². The van der Waals surface area contributed by atoms with Crippen molar-refractivity contribution in [2.24, 2.45) is 5.92 Å². The van der Waals surface area contributed by atoms with Crippen molar-refractivity contribution in [2.45, 2.75) is 51.5 Å². The Balaban J connectivity index is 0.000000521. The van der Waals surface area contributed by atoms with Crippen molar-refractivity contribution in [3.8, 4) is 0 Å². The van der Waals surface area contributed by atoms with Crippen LogP contribution < -0.4 is 5.32 Å². The Labute approximate surface area is 218 Å². The van der Waals surface area contributed by atoms with Gasteiger partial charge in [-0.3, -0.25) is 4.79 Å². The lowest BCUT2D eigenvalue weighted by molar-refractivity contribution is -0.134. The number of hydrogen-bond donors (Lipinski definition) is 3. The number of likely N-dealkylation sites (tertiary alicyclic amines) is 1. The summed E-state index contributed by atoms with van der Waals surface area (Å²) < 4.78 is 14.5. The van der Waals surface area contributed by atoms with Crippen LogP contribution in [0, 0.1) is 11.7 Å². The first-order valence-corrected chi connectivity index (χ1v) is 12.7. The van der Waals surface area contributed by atoms with Gasteiger partial charge in [-0.2, -0.15) is 0 Å². The molecule has 1 aliphatic heterocycles. The van der Waals surface area contributed by atoms with E-state index in [-0.39, 0.29) is 17.6 Å². The fourth-order valence-electron chi connectivity index (χ4n) is 4.56. The Bertz CT molecular complexity index is 1030. The van der Waals surface area contributed by atoms with Crippen molar-refractivity contribution < 1.29 is 29.0 Å². The van der Waals surface area contributed by atoms with Gasteiger partial charge in [0.2, 0.25) is 5.91 Å². The Morgan fingerprint density at radius 3 is 2.00 bits per heavy atom. The summed E-state index contributed by atoms with van der Waals surface area (Å²) in [6, 6.07) is 17.3. The molecule has 7 nitrogen and oxygen atoms in total. The van der Waals surface area contributed by atoms with Crippen LogP contribution in [0.3, 0.4) is 0 Å². The largest absolute Gasteiger partial charge is 0.478 e. The van der Waals surface area contributed by atoms with E-state index in [1.807, 2.05) is 26.0 Å². The number of halogens is 1.